The van der Waals surface area contributed by atoms with Crippen LogP contribution in [0.4, 0.5) is 11.4 Å². The van der Waals surface area contributed by atoms with E-state index in [1.54, 1.807) is 0 Å². The highest BCUT2D eigenvalue weighted by molar-refractivity contribution is 7.98. The van der Waals surface area contributed by atoms with Crippen molar-refractivity contribution in [2.24, 2.45) is 0 Å². The van der Waals surface area contributed by atoms with Gasteiger partial charge in [0.2, 0.25) is 0 Å². The standard InChI is InChI=1S/C18H19NS/c1-20-14-6-13-19-17-9-4-2-7-15(17)11-12-16-8-3-5-10-18(16)19/h2-5,7-12H,6,13-14H2,1H3. The lowest BCUT2D eigenvalue weighted by atomic mass is 10.1. The summed E-state index contributed by atoms with van der Waals surface area (Å²) in [6.45, 7) is 1.07. The fourth-order valence-corrected chi connectivity index (χ4v) is 3.08. The number of anilines is 2. The number of rotatable bonds is 4. The molecule has 1 aliphatic rings. The summed E-state index contributed by atoms with van der Waals surface area (Å²) in [6, 6.07) is 17.3. The maximum absolute atomic E-state index is 2.46. The van der Waals surface area contributed by atoms with Crippen LogP contribution in [0.1, 0.15) is 17.5 Å². The van der Waals surface area contributed by atoms with Gasteiger partial charge < -0.3 is 4.90 Å². The van der Waals surface area contributed by atoms with Gasteiger partial charge in [-0.15, -0.1) is 0 Å². The molecule has 2 aromatic rings. The van der Waals surface area contributed by atoms with Gasteiger partial charge in [-0.2, -0.15) is 11.8 Å². The van der Waals surface area contributed by atoms with Gasteiger partial charge in [0.25, 0.3) is 0 Å². The molecule has 0 aliphatic carbocycles. The van der Waals surface area contributed by atoms with Crippen LogP contribution in [0, 0.1) is 0 Å². The molecule has 0 aromatic heterocycles. The molecule has 0 unspecified atom stereocenters. The molecule has 0 fully saturated rings. The normalized spacial score (nSPS) is 12.8. The van der Waals surface area contributed by atoms with Crippen molar-refractivity contribution in [1.29, 1.82) is 0 Å². The summed E-state index contributed by atoms with van der Waals surface area (Å²) >= 11 is 1.92. The molecule has 0 N–H and O–H groups in total. The number of para-hydroxylation sites is 2. The predicted molar refractivity (Wildman–Crippen MR) is 91.8 cm³/mol. The fraction of sp³-hybridized carbons (Fsp3) is 0.222. The van der Waals surface area contributed by atoms with Crippen LogP contribution in [-0.4, -0.2) is 18.6 Å². The highest BCUT2D eigenvalue weighted by Gasteiger charge is 2.16. The second-order valence-corrected chi connectivity index (χ2v) is 5.93. The average molecular weight is 281 g/mol. The van der Waals surface area contributed by atoms with E-state index in [1.807, 2.05) is 11.8 Å². The minimum atomic E-state index is 1.07. The lowest BCUT2D eigenvalue weighted by Crippen LogP contribution is -2.20. The van der Waals surface area contributed by atoms with E-state index in [0.29, 0.717) is 0 Å². The van der Waals surface area contributed by atoms with Crippen LogP contribution in [0.5, 0.6) is 0 Å². The van der Waals surface area contributed by atoms with E-state index in [0.717, 1.165) is 6.54 Å². The van der Waals surface area contributed by atoms with E-state index >= 15 is 0 Å². The molecule has 20 heavy (non-hydrogen) atoms. The largest absolute Gasteiger partial charge is 0.340 e. The molecule has 1 aliphatic heterocycles. The van der Waals surface area contributed by atoms with Crippen molar-refractivity contribution in [3.8, 4) is 0 Å². The highest BCUT2D eigenvalue weighted by Crippen LogP contribution is 2.36. The maximum Gasteiger partial charge on any atom is 0.0484 e. The maximum atomic E-state index is 2.46. The Morgan fingerprint density at radius 3 is 1.95 bits per heavy atom. The number of hydrogen-bond donors (Lipinski definition) is 0. The van der Waals surface area contributed by atoms with Crippen molar-refractivity contribution in [3.05, 3.63) is 59.7 Å². The summed E-state index contributed by atoms with van der Waals surface area (Å²) in [4.78, 5) is 2.46. The van der Waals surface area contributed by atoms with Crippen molar-refractivity contribution in [1.82, 2.24) is 0 Å². The summed E-state index contributed by atoms with van der Waals surface area (Å²) in [5, 5.41) is 0. The molecule has 2 aromatic carbocycles. The number of fused-ring (bicyclic) bond motifs is 2. The van der Waals surface area contributed by atoms with Crippen molar-refractivity contribution >= 4 is 35.3 Å². The zero-order valence-electron chi connectivity index (χ0n) is 11.8. The van der Waals surface area contributed by atoms with Crippen molar-refractivity contribution in [2.75, 3.05) is 23.5 Å². The molecule has 0 saturated heterocycles. The van der Waals surface area contributed by atoms with E-state index in [2.05, 4.69) is 71.8 Å². The third kappa shape index (κ3) is 2.61. The third-order valence-electron chi connectivity index (χ3n) is 3.63. The van der Waals surface area contributed by atoms with Gasteiger partial charge in [-0.3, -0.25) is 0 Å². The van der Waals surface area contributed by atoms with E-state index in [-0.39, 0.29) is 0 Å². The number of thioether (sulfide) groups is 1. The van der Waals surface area contributed by atoms with Crippen LogP contribution < -0.4 is 4.90 Å². The van der Waals surface area contributed by atoms with Gasteiger partial charge in [-0.1, -0.05) is 48.6 Å². The summed E-state index contributed by atoms with van der Waals surface area (Å²) in [5.74, 6) is 1.20. The van der Waals surface area contributed by atoms with Gasteiger partial charge in [0, 0.05) is 17.9 Å². The fourth-order valence-electron chi connectivity index (χ4n) is 2.67. The van der Waals surface area contributed by atoms with Gasteiger partial charge in [-0.05, 0) is 41.7 Å². The van der Waals surface area contributed by atoms with Gasteiger partial charge in [0.05, 0.1) is 0 Å². The van der Waals surface area contributed by atoms with Crippen molar-refractivity contribution < 1.29 is 0 Å². The second-order valence-electron chi connectivity index (χ2n) is 4.95. The van der Waals surface area contributed by atoms with Crippen molar-refractivity contribution in [3.63, 3.8) is 0 Å². The van der Waals surface area contributed by atoms with Crippen LogP contribution in [0.2, 0.25) is 0 Å². The Labute approximate surface area is 125 Å². The van der Waals surface area contributed by atoms with Gasteiger partial charge in [0.1, 0.15) is 0 Å². The molecule has 0 saturated carbocycles. The lowest BCUT2D eigenvalue weighted by molar-refractivity contribution is 0.894. The Hall–Kier alpha value is -1.67. The first-order valence-electron chi connectivity index (χ1n) is 7.03. The quantitative estimate of drug-likeness (QED) is 0.720. The first kappa shape index (κ1) is 13.3. The molecule has 102 valence electrons. The van der Waals surface area contributed by atoms with E-state index in [9.17, 15) is 0 Å². The third-order valence-corrected chi connectivity index (χ3v) is 4.32. The predicted octanol–water partition coefficient (Wildman–Crippen LogP) is 5.06. The number of hydrogen-bond acceptors (Lipinski definition) is 2. The van der Waals surface area contributed by atoms with Gasteiger partial charge in [0.15, 0.2) is 0 Å². The van der Waals surface area contributed by atoms with Crippen molar-refractivity contribution in [2.45, 2.75) is 6.42 Å². The molecule has 0 spiro atoms. The molecule has 2 heteroatoms. The Kier molecular flexibility index (Phi) is 4.12. The first-order valence-corrected chi connectivity index (χ1v) is 8.42. The SMILES string of the molecule is CSCCCN1c2ccccc2C=Cc2ccccc21. The number of benzene rings is 2. The topological polar surface area (TPSA) is 3.24 Å². The first-order chi connectivity index (χ1) is 9.90. The van der Waals surface area contributed by atoms with E-state index in [1.165, 1.54) is 34.7 Å². The molecule has 1 heterocycles. The van der Waals surface area contributed by atoms with Gasteiger partial charge in [-0.25, -0.2) is 0 Å². The zero-order chi connectivity index (χ0) is 13.8. The van der Waals surface area contributed by atoms with E-state index in [4.69, 9.17) is 0 Å². The molecule has 0 atom stereocenters. The molecule has 1 nitrogen and oxygen atoms in total. The molecular weight excluding hydrogens is 262 g/mol. The monoisotopic (exact) mass is 281 g/mol. The molecular formula is C18H19NS. The van der Waals surface area contributed by atoms with Crippen LogP contribution in [0.15, 0.2) is 48.5 Å². The Morgan fingerprint density at radius 2 is 1.40 bits per heavy atom. The molecule has 0 radical (unpaired) electrons. The number of nitrogens with zero attached hydrogens (tertiary/aromatic N) is 1. The molecule has 0 amide bonds. The summed E-state index contributed by atoms with van der Waals surface area (Å²) in [5.41, 5.74) is 5.23. The van der Waals surface area contributed by atoms with Gasteiger partial charge >= 0.3 is 0 Å². The Balaban J connectivity index is 2.03. The Bertz CT molecular complexity index is 569. The van der Waals surface area contributed by atoms with E-state index < -0.39 is 0 Å². The minimum absolute atomic E-state index is 1.07. The molecule has 3 rings (SSSR count). The van der Waals surface area contributed by atoms with Crippen LogP contribution in [-0.2, 0) is 0 Å². The average Bonchev–Trinajstić information content (AvgIpc) is 2.66. The highest BCUT2D eigenvalue weighted by atomic mass is 32.2. The smallest absolute Gasteiger partial charge is 0.0484 e. The van der Waals surface area contributed by atoms with Crippen LogP contribution in [0.3, 0.4) is 0 Å². The lowest BCUT2D eigenvalue weighted by Gasteiger charge is -2.26. The van der Waals surface area contributed by atoms with Crippen LogP contribution in [0.25, 0.3) is 12.2 Å². The second kappa shape index (κ2) is 6.19. The van der Waals surface area contributed by atoms with Crippen LogP contribution >= 0.6 is 11.8 Å². The summed E-state index contributed by atoms with van der Waals surface area (Å²) < 4.78 is 0. The Morgan fingerprint density at radius 1 is 0.850 bits per heavy atom. The summed E-state index contributed by atoms with van der Waals surface area (Å²) in [7, 11) is 0. The zero-order valence-corrected chi connectivity index (χ0v) is 12.6. The summed E-state index contributed by atoms with van der Waals surface area (Å²) in [6.07, 6.45) is 7.82. The minimum Gasteiger partial charge on any atom is -0.340 e. The molecule has 0 bridgehead atoms.